The lowest BCUT2D eigenvalue weighted by molar-refractivity contribution is -0.125. The molecule has 2 heterocycles. The number of esters is 1. The van der Waals surface area contributed by atoms with Crippen molar-refractivity contribution in [1.29, 1.82) is 0 Å². The number of rotatable bonds is 3. The summed E-state index contributed by atoms with van der Waals surface area (Å²) < 4.78 is 6.30. The summed E-state index contributed by atoms with van der Waals surface area (Å²) in [5.41, 5.74) is 6.05. The first-order valence-corrected chi connectivity index (χ1v) is 6.32. The highest BCUT2D eigenvalue weighted by atomic mass is 16.5. The minimum atomic E-state index is -0.581. The van der Waals surface area contributed by atoms with Crippen LogP contribution in [0.1, 0.15) is 42.1 Å². The Labute approximate surface area is 111 Å². The van der Waals surface area contributed by atoms with Crippen molar-refractivity contribution in [3.63, 3.8) is 0 Å². The van der Waals surface area contributed by atoms with E-state index in [4.69, 9.17) is 5.73 Å². The second-order valence-electron chi connectivity index (χ2n) is 4.43. The number of amides is 1. The normalized spacial score (nSPS) is 19.1. The zero-order valence-corrected chi connectivity index (χ0v) is 11.1. The van der Waals surface area contributed by atoms with Crippen LogP contribution in [-0.4, -0.2) is 35.1 Å². The molecule has 3 N–H and O–H groups in total. The average molecular weight is 266 g/mol. The van der Waals surface area contributed by atoms with Crippen LogP contribution in [-0.2, 0) is 16.0 Å². The van der Waals surface area contributed by atoms with Crippen LogP contribution in [0.25, 0.3) is 0 Å². The molecule has 1 aromatic rings. The first kappa shape index (κ1) is 13.4. The van der Waals surface area contributed by atoms with Gasteiger partial charge < -0.3 is 20.4 Å². The number of ether oxygens (including phenoxy) is 1. The summed E-state index contributed by atoms with van der Waals surface area (Å²) in [5, 5.41) is 2.80. The molecule has 2 rings (SSSR count). The van der Waals surface area contributed by atoms with Crippen molar-refractivity contribution in [3.8, 4) is 0 Å². The summed E-state index contributed by atoms with van der Waals surface area (Å²) >= 11 is 0. The molecule has 1 fully saturated rings. The monoisotopic (exact) mass is 266 g/mol. The number of nitrogens with zero attached hydrogens (tertiary/aromatic N) is 2. The van der Waals surface area contributed by atoms with E-state index in [1.807, 2.05) is 6.92 Å². The van der Waals surface area contributed by atoms with Crippen molar-refractivity contribution in [1.82, 2.24) is 14.9 Å². The Bertz CT molecular complexity index is 509. The highest BCUT2D eigenvalue weighted by Crippen LogP contribution is 2.26. The van der Waals surface area contributed by atoms with Crippen LogP contribution in [0.2, 0.25) is 0 Å². The zero-order chi connectivity index (χ0) is 14.0. The van der Waals surface area contributed by atoms with E-state index in [1.165, 1.54) is 7.11 Å². The van der Waals surface area contributed by atoms with Crippen LogP contribution < -0.4 is 11.1 Å². The minimum absolute atomic E-state index is 0.0812. The lowest BCUT2D eigenvalue weighted by Crippen LogP contribution is -2.38. The molecule has 1 aliphatic rings. The predicted octanol–water partition coefficient (Wildman–Crippen LogP) is 0.265. The summed E-state index contributed by atoms with van der Waals surface area (Å²) in [6.07, 6.45) is 2.16. The molecular weight excluding hydrogens is 248 g/mol. The molecule has 1 saturated heterocycles. The van der Waals surface area contributed by atoms with Gasteiger partial charge in [-0.25, -0.2) is 9.78 Å². The highest BCUT2D eigenvalue weighted by Gasteiger charge is 2.30. The third kappa shape index (κ3) is 2.27. The number of carbonyl (C=O) groups is 2. The summed E-state index contributed by atoms with van der Waals surface area (Å²) in [5.74, 6) is 0.161. The number of hydrogen-bond donors (Lipinski definition) is 2. The Morgan fingerprint density at radius 3 is 2.95 bits per heavy atom. The first-order valence-electron chi connectivity index (χ1n) is 6.32. The lowest BCUT2D eigenvalue weighted by atomic mass is 10.1. The van der Waals surface area contributed by atoms with Crippen molar-refractivity contribution >= 4 is 17.7 Å². The smallest absolute Gasteiger partial charge is 0.360 e. The minimum Gasteiger partial charge on any atom is -0.464 e. The van der Waals surface area contributed by atoms with Gasteiger partial charge in [-0.1, -0.05) is 6.92 Å². The Hall–Kier alpha value is -2.05. The van der Waals surface area contributed by atoms with Gasteiger partial charge >= 0.3 is 5.97 Å². The molecule has 104 valence electrons. The molecular formula is C12H18N4O3. The zero-order valence-electron chi connectivity index (χ0n) is 11.1. The fraction of sp³-hybridized carbons (Fsp3) is 0.583. The quantitative estimate of drug-likeness (QED) is 0.765. The number of hydrogen-bond acceptors (Lipinski definition) is 5. The predicted molar refractivity (Wildman–Crippen MR) is 68.6 cm³/mol. The van der Waals surface area contributed by atoms with Crippen molar-refractivity contribution < 1.29 is 14.3 Å². The Morgan fingerprint density at radius 2 is 2.37 bits per heavy atom. The number of piperidine rings is 1. The third-order valence-electron chi connectivity index (χ3n) is 3.28. The maximum Gasteiger partial charge on any atom is 0.360 e. The maximum atomic E-state index is 11.9. The van der Waals surface area contributed by atoms with Crippen LogP contribution >= 0.6 is 0 Å². The van der Waals surface area contributed by atoms with Gasteiger partial charge in [-0.2, -0.15) is 0 Å². The van der Waals surface area contributed by atoms with E-state index in [2.05, 4.69) is 15.0 Å². The summed E-state index contributed by atoms with van der Waals surface area (Å²) in [4.78, 5) is 27.7. The van der Waals surface area contributed by atoms with Crippen LogP contribution in [0.3, 0.4) is 0 Å². The van der Waals surface area contributed by atoms with Gasteiger partial charge in [0, 0.05) is 13.0 Å². The molecule has 7 heteroatoms. The number of nitrogens with one attached hydrogen (secondary N) is 1. The Balaban J connectivity index is 2.46. The van der Waals surface area contributed by atoms with Crippen LogP contribution in [0, 0.1) is 0 Å². The van der Waals surface area contributed by atoms with E-state index in [9.17, 15) is 9.59 Å². The number of aromatic nitrogens is 2. The van der Waals surface area contributed by atoms with Gasteiger partial charge in [0.1, 0.15) is 17.7 Å². The number of nitrogens with two attached hydrogens (primary N) is 1. The van der Waals surface area contributed by atoms with Gasteiger partial charge in [-0.3, -0.25) is 4.79 Å². The molecule has 7 nitrogen and oxygen atoms in total. The average Bonchev–Trinajstić information content (AvgIpc) is 2.75. The molecule has 1 aromatic heterocycles. The molecule has 1 atom stereocenters. The van der Waals surface area contributed by atoms with Gasteiger partial charge in [0.15, 0.2) is 5.69 Å². The largest absolute Gasteiger partial charge is 0.464 e. The number of imidazole rings is 1. The molecule has 0 radical (unpaired) electrons. The third-order valence-corrected chi connectivity index (χ3v) is 3.28. The van der Waals surface area contributed by atoms with Gasteiger partial charge in [0.05, 0.1) is 7.11 Å². The van der Waals surface area contributed by atoms with Crippen molar-refractivity contribution in [2.45, 2.75) is 32.2 Å². The topological polar surface area (TPSA) is 99.2 Å². The summed E-state index contributed by atoms with van der Waals surface area (Å²) in [7, 11) is 1.28. The standard InChI is InChI=1S/C12H18N4O3/c1-3-8-15-9(12(18)19-2)10(13)16(8)7-5-4-6-14-11(7)17/h7H,3-6,13H2,1-2H3,(H,14,17). The van der Waals surface area contributed by atoms with E-state index in [-0.39, 0.29) is 17.4 Å². The van der Waals surface area contributed by atoms with Gasteiger partial charge in [0.2, 0.25) is 5.91 Å². The molecule has 1 aliphatic heterocycles. The fourth-order valence-corrected chi connectivity index (χ4v) is 2.34. The van der Waals surface area contributed by atoms with E-state index in [0.717, 1.165) is 6.42 Å². The number of nitrogen functional groups attached to an aromatic ring is 1. The van der Waals surface area contributed by atoms with E-state index >= 15 is 0 Å². The number of methoxy groups -OCH3 is 1. The van der Waals surface area contributed by atoms with Gasteiger partial charge in [0.25, 0.3) is 0 Å². The first-order chi connectivity index (χ1) is 9.10. The fourth-order valence-electron chi connectivity index (χ4n) is 2.34. The Kier molecular flexibility index (Phi) is 3.73. The molecule has 19 heavy (non-hydrogen) atoms. The van der Waals surface area contributed by atoms with Crippen molar-refractivity contribution in [2.75, 3.05) is 19.4 Å². The van der Waals surface area contributed by atoms with Crippen molar-refractivity contribution in [2.24, 2.45) is 0 Å². The highest BCUT2D eigenvalue weighted by molar-refractivity contribution is 5.93. The van der Waals surface area contributed by atoms with Crippen LogP contribution in [0.4, 0.5) is 5.82 Å². The van der Waals surface area contributed by atoms with Gasteiger partial charge in [-0.05, 0) is 12.8 Å². The molecule has 1 amide bonds. The number of carbonyl (C=O) groups excluding carboxylic acids is 2. The van der Waals surface area contributed by atoms with E-state index < -0.39 is 12.0 Å². The maximum absolute atomic E-state index is 11.9. The van der Waals surface area contributed by atoms with Gasteiger partial charge in [-0.15, -0.1) is 0 Å². The summed E-state index contributed by atoms with van der Waals surface area (Å²) in [6.45, 7) is 2.58. The number of anilines is 1. The number of aryl methyl sites for hydroxylation is 1. The molecule has 1 unspecified atom stereocenters. The second kappa shape index (κ2) is 5.29. The summed E-state index contributed by atoms with van der Waals surface area (Å²) in [6, 6.07) is -0.394. The van der Waals surface area contributed by atoms with Crippen LogP contribution in [0.15, 0.2) is 0 Å². The molecule has 0 aliphatic carbocycles. The second-order valence-corrected chi connectivity index (χ2v) is 4.43. The van der Waals surface area contributed by atoms with E-state index in [0.29, 0.717) is 25.2 Å². The molecule has 0 aromatic carbocycles. The lowest BCUT2D eigenvalue weighted by Gasteiger charge is -2.25. The van der Waals surface area contributed by atoms with Crippen molar-refractivity contribution in [3.05, 3.63) is 11.5 Å². The SMILES string of the molecule is CCc1nc(C(=O)OC)c(N)n1C1CCCNC1=O. The molecule has 0 spiro atoms. The van der Waals surface area contributed by atoms with Crippen LogP contribution in [0.5, 0.6) is 0 Å². The molecule has 0 bridgehead atoms. The molecule has 0 saturated carbocycles. The van der Waals surface area contributed by atoms with E-state index in [1.54, 1.807) is 4.57 Å². The Morgan fingerprint density at radius 1 is 1.63 bits per heavy atom.